The summed E-state index contributed by atoms with van der Waals surface area (Å²) in [5.41, 5.74) is 0. The van der Waals surface area contributed by atoms with Crippen molar-refractivity contribution in [2.24, 2.45) is 0 Å². The predicted molar refractivity (Wildman–Crippen MR) is 52.7 cm³/mol. The summed E-state index contributed by atoms with van der Waals surface area (Å²) in [7, 11) is 0. The molecule has 0 fully saturated rings. The maximum Gasteiger partial charge on any atom is 0.130 e. The van der Waals surface area contributed by atoms with Gasteiger partial charge in [0, 0.05) is 16.2 Å². The molecule has 2 heteroatoms. The summed E-state index contributed by atoms with van der Waals surface area (Å²) in [5, 5.41) is 0. The average molecular weight is 182 g/mol. The zero-order chi connectivity index (χ0) is 8.97. The standard InChI is InChI=1S/C10H14OS/c1-3-9-6-7-10(12-9)5-4-8(2)11/h6-7H,3-5H2,1-2H3. The Hall–Kier alpha value is -0.630. The van der Waals surface area contributed by atoms with Crippen LogP contribution in [-0.2, 0) is 17.6 Å². The molecule has 0 atom stereocenters. The van der Waals surface area contributed by atoms with Gasteiger partial charge in [0.25, 0.3) is 0 Å². The third kappa shape index (κ3) is 2.78. The second kappa shape index (κ2) is 4.41. The Labute approximate surface area is 77.4 Å². The molecule has 66 valence electrons. The van der Waals surface area contributed by atoms with Gasteiger partial charge >= 0.3 is 0 Å². The van der Waals surface area contributed by atoms with Gasteiger partial charge in [-0.1, -0.05) is 6.92 Å². The topological polar surface area (TPSA) is 17.1 Å². The number of ketones is 1. The van der Waals surface area contributed by atoms with Gasteiger partial charge in [-0.05, 0) is 31.9 Å². The lowest BCUT2D eigenvalue weighted by molar-refractivity contribution is -0.116. The molecular weight excluding hydrogens is 168 g/mol. The summed E-state index contributed by atoms with van der Waals surface area (Å²) in [6.45, 7) is 3.80. The van der Waals surface area contributed by atoms with Crippen molar-refractivity contribution >= 4 is 17.1 Å². The number of hydrogen-bond acceptors (Lipinski definition) is 2. The molecule has 0 amide bonds. The van der Waals surface area contributed by atoms with Crippen LogP contribution in [0.25, 0.3) is 0 Å². The molecule has 0 saturated carbocycles. The van der Waals surface area contributed by atoms with Gasteiger partial charge in [-0.3, -0.25) is 0 Å². The third-order valence-corrected chi connectivity index (χ3v) is 3.08. The largest absolute Gasteiger partial charge is 0.300 e. The molecule has 0 aliphatic rings. The van der Waals surface area contributed by atoms with Crippen molar-refractivity contribution < 1.29 is 4.79 Å². The fraction of sp³-hybridized carbons (Fsp3) is 0.500. The van der Waals surface area contributed by atoms with Crippen molar-refractivity contribution in [2.75, 3.05) is 0 Å². The minimum Gasteiger partial charge on any atom is -0.300 e. The molecule has 1 nitrogen and oxygen atoms in total. The number of aryl methyl sites for hydroxylation is 2. The van der Waals surface area contributed by atoms with Crippen molar-refractivity contribution in [3.63, 3.8) is 0 Å². The molecular formula is C10H14OS. The Bertz CT molecular complexity index is 263. The quantitative estimate of drug-likeness (QED) is 0.699. The number of rotatable bonds is 4. The SMILES string of the molecule is CCc1ccc(CCC(C)=O)s1. The van der Waals surface area contributed by atoms with Crippen LogP contribution in [-0.4, -0.2) is 5.78 Å². The summed E-state index contributed by atoms with van der Waals surface area (Å²) in [6.07, 6.45) is 2.70. The molecule has 0 aliphatic carbocycles. The molecule has 0 N–H and O–H groups in total. The lowest BCUT2D eigenvalue weighted by Gasteiger charge is -1.91. The fourth-order valence-electron chi connectivity index (χ4n) is 1.05. The van der Waals surface area contributed by atoms with E-state index < -0.39 is 0 Å². The van der Waals surface area contributed by atoms with Gasteiger partial charge < -0.3 is 4.79 Å². The third-order valence-electron chi connectivity index (χ3n) is 1.79. The molecule has 12 heavy (non-hydrogen) atoms. The van der Waals surface area contributed by atoms with Gasteiger partial charge in [-0.25, -0.2) is 0 Å². The summed E-state index contributed by atoms with van der Waals surface area (Å²) in [5.74, 6) is 0.279. The van der Waals surface area contributed by atoms with Crippen LogP contribution in [0.3, 0.4) is 0 Å². The molecule has 1 heterocycles. The lowest BCUT2D eigenvalue weighted by atomic mass is 10.2. The molecule has 0 aromatic carbocycles. The van der Waals surface area contributed by atoms with E-state index in [0.29, 0.717) is 6.42 Å². The first kappa shape index (κ1) is 9.46. The van der Waals surface area contributed by atoms with Crippen LogP contribution in [0, 0.1) is 0 Å². The van der Waals surface area contributed by atoms with Crippen molar-refractivity contribution in [2.45, 2.75) is 33.1 Å². The highest BCUT2D eigenvalue weighted by molar-refractivity contribution is 7.11. The first-order valence-electron chi connectivity index (χ1n) is 4.29. The molecule has 0 unspecified atom stereocenters. The first-order valence-corrected chi connectivity index (χ1v) is 5.11. The second-order valence-electron chi connectivity index (χ2n) is 2.92. The summed E-state index contributed by atoms with van der Waals surface area (Å²) in [6, 6.07) is 4.28. The predicted octanol–water partition coefficient (Wildman–Crippen LogP) is 2.83. The van der Waals surface area contributed by atoms with Crippen LogP contribution in [0.15, 0.2) is 12.1 Å². The average Bonchev–Trinajstić information content (AvgIpc) is 2.48. The minimum absolute atomic E-state index is 0.279. The highest BCUT2D eigenvalue weighted by Crippen LogP contribution is 2.18. The number of carbonyl (C=O) groups excluding carboxylic acids is 1. The highest BCUT2D eigenvalue weighted by Gasteiger charge is 1.99. The normalized spacial score (nSPS) is 10.2. The number of thiophene rings is 1. The van der Waals surface area contributed by atoms with Crippen LogP contribution in [0.1, 0.15) is 30.0 Å². The fourth-order valence-corrected chi connectivity index (χ4v) is 2.00. The van der Waals surface area contributed by atoms with Crippen molar-refractivity contribution in [1.82, 2.24) is 0 Å². The highest BCUT2D eigenvalue weighted by atomic mass is 32.1. The van der Waals surface area contributed by atoms with E-state index >= 15 is 0 Å². The number of hydrogen-bond donors (Lipinski definition) is 0. The van der Waals surface area contributed by atoms with Crippen LogP contribution >= 0.6 is 11.3 Å². The summed E-state index contributed by atoms with van der Waals surface area (Å²) >= 11 is 1.82. The van der Waals surface area contributed by atoms with E-state index in [4.69, 9.17) is 0 Å². The van der Waals surface area contributed by atoms with Crippen LogP contribution < -0.4 is 0 Å². The lowest BCUT2D eigenvalue weighted by Crippen LogP contribution is -1.91. The Morgan fingerprint density at radius 3 is 2.58 bits per heavy atom. The Morgan fingerprint density at radius 2 is 2.08 bits per heavy atom. The molecule has 0 aliphatic heterocycles. The minimum atomic E-state index is 0.279. The van der Waals surface area contributed by atoms with E-state index in [2.05, 4.69) is 19.1 Å². The van der Waals surface area contributed by atoms with Crippen molar-refractivity contribution in [1.29, 1.82) is 0 Å². The number of Topliss-reactive ketones (excluding diaryl/α,β-unsaturated/α-hetero) is 1. The van der Waals surface area contributed by atoms with Gasteiger partial charge in [0.2, 0.25) is 0 Å². The molecule has 0 spiro atoms. The second-order valence-corrected chi connectivity index (χ2v) is 4.18. The van der Waals surface area contributed by atoms with Gasteiger partial charge in [0.15, 0.2) is 0 Å². The Kier molecular flexibility index (Phi) is 3.48. The molecule has 0 radical (unpaired) electrons. The zero-order valence-electron chi connectivity index (χ0n) is 7.59. The molecule has 0 saturated heterocycles. The molecule has 0 bridgehead atoms. The van der Waals surface area contributed by atoms with Gasteiger partial charge in [-0.2, -0.15) is 0 Å². The van der Waals surface area contributed by atoms with Crippen LogP contribution in [0.4, 0.5) is 0 Å². The van der Waals surface area contributed by atoms with E-state index in [1.54, 1.807) is 6.92 Å². The van der Waals surface area contributed by atoms with Crippen molar-refractivity contribution in [3.05, 3.63) is 21.9 Å². The van der Waals surface area contributed by atoms with E-state index in [9.17, 15) is 4.79 Å². The maximum atomic E-state index is 10.7. The Morgan fingerprint density at radius 1 is 1.42 bits per heavy atom. The molecule has 1 aromatic heterocycles. The number of carbonyl (C=O) groups is 1. The van der Waals surface area contributed by atoms with Gasteiger partial charge in [-0.15, -0.1) is 11.3 Å². The summed E-state index contributed by atoms with van der Waals surface area (Å²) < 4.78 is 0. The monoisotopic (exact) mass is 182 g/mol. The van der Waals surface area contributed by atoms with E-state index in [1.165, 1.54) is 9.75 Å². The maximum absolute atomic E-state index is 10.7. The van der Waals surface area contributed by atoms with Crippen LogP contribution in [0.2, 0.25) is 0 Å². The Balaban J connectivity index is 2.47. The summed E-state index contributed by atoms with van der Waals surface area (Å²) in [4.78, 5) is 13.4. The van der Waals surface area contributed by atoms with Crippen molar-refractivity contribution in [3.8, 4) is 0 Å². The zero-order valence-corrected chi connectivity index (χ0v) is 8.41. The van der Waals surface area contributed by atoms with Gasteiger partial charge in [0.1, 0.15) is 5.78 Å². The van der Waals surface area contributed by atoms with E-state index in [1.807, 2.05) is 11.3 Å². The molecule has 1 aromatic rings. The smallest absolute Gasteiger partial charge is 0.130 e. The van der Waals surface area contributed by atoms with Crippen LogP contribution in [0.5, 0.6) is 0 Å². The van der Waals surface area contributed by atoms with E-state index in [0.717, 1.165) is 12.8 Å². The van der Waals surface area contributed by atoms with Gasteiger partial charge in [0.05, 0.1) is 0 Å². The molecule has 1 rings (SSSR count). The first-order chi connectivity index (χ1) is 5.72. The van der Waals surface area contributed by atoms with E-state index in [-0.39, 0.29) is 5.78 Å².